The summed E-state index contributed by atoms with van der Waals surface area (Å²) < 4.78 is 13.8. The standard InChI is InChI=1S/C40H32Cl2FN3O5/c1-2-21-3-14-27(15-4-21)45-36(48)29-17-16-28-30(34(29)38(45)50)20-32-37(49)46(44-26-12-10-25(43)11-13-26)39(51)40(32,22-5-7-23(41)8-6-22)35(28)31-19-24(42)9-18-33(31)47/h3-16,18-19,29-30,32,34-35,44,47H,2,17,20H2,1H3/t29-,30+,32-,34-,35+,40+/m0/s1. The fourth-order valence-electron chi connectivity index (χ4n) is 8.89. The predicted molar refractivity (Wildman–Crippen MR) is 190 cm³/mol. The van der Waals surface area contributed by atoms with Crippen LogP contribution in [0.15, 0.2) is 103 Å². The molecular formula is C40H32Cl2FN3O5. The lowest BCUT2D eigenvalue weighted by Gasteiger charge is -2.50. The van der Waals surface area contributed by atoms with Gasteiger partial charge in [-0.25, -0.2) is 4.39 Å². The molecule has 4 aliphatic rings. The second-order valence-electron chi connectivity index (χ2n) is 13.6. The van der Waals surface area contributed by atoms with E-state index in [1.807, 2.05) is 25.1 Å². The third-order valence-corrected chi connectivity index (χ3v) is 11.6. The molecule has 0 spiro atoms. The van der Waals surface area contributed by atoms with Gasteiger partial charge in [-0.2, -0.15) is 5.01 Å². The van der Waals surface area contributed by atoms with Crippen molar-refractivity contribution in [1.82, 2.24) is 5.01 Å². The highest BCUT2D eigenvalue weighted by molar-refractivity contribution is 6.31. The summed E-state index contributed by atoms with van der Waals surface area (Å²) in [6.45, 7) is 2.02. The summed E-state index contributed by atoms with van der Waals surface area (Å²) >= 11 is 12.9. The van der Waals surface area contributed by atoms with Crippen LogP contribution in [0.1, 0.15) is 42.4 Å². The molecule has 4 amide bonds. The number of hydrogen-bond donors (Lipinski definition) is 2. The number of phenols is 1. The van der Waals surface area contributed by atoms with Crippen molar-refractivity contribution in [3.63, 3.8) is 0 Å². The van der Waals surface area contributed by atoms with Crippen LogP contribution in [0, 0.1) is 29.5 Å². The molecule has 4 aromatic carbocycles. The Labute approximate surface area is 303 Å². The van der Waals surface area contributed by atoms with Crippen LogP contribution in [-0.2, 0) is 31.0 Å². The van der Waals surface area contributed by atoms with Crippen LogP contribution in [0.3, 0.4) is 0 Å². The maximum atomic E-state index is 15.2. The number of allylic oxidation sites excluding steroid dienone is 2. The summed E-state index contributed by atoms with van der Waals surface area (Å²) in [6.07, 6.45) is 3.01. The van der Waals surface area contributed by atoms with Gasteiger partial charge in [-0.15, -0.1) is 0 Å². The van der Waals surface area contributed by atoms with Crippen molar-refractivity contribution in [3.05, 3.63) is 135 Å². The highest BCUT2D eigenvalue weighted by atomic mass is 35.5. The smallest absolute Gasteiger partial charge is 0.260 e. The Balaban J connectivity index is 1.32. The minimum Gasteiger partial charge on any atom is -0.508 e. The summed E-state index contributed by atoms with van der Waals surface area (Å²) in [7, 11) is 0. The molecule has 3 fully saturated rings. The Kier molecular flexibility index (Phi) is 8.03. The number of nitrogens with one attached hydrogen (secondary N) is 1. The lowest BCUT2D eigenvalue weighted by Crippen LogP contribution is -2.53. The fraction of sp³-hybridized carbons (Fsp3) is 0.250. The van der Waals surface area contributed by atoms with Gasteiger partial charge in [-0.1, -0.05) is 66.0 Å². The van der Waals surface area contributed by atoms with Crippen molar-refractivity contribution >= 4 is 58.2 Å². The van der Waals surface area contributed by atoms with E-state index in [2.05, 4.69) is 5.43 Å². The molecule has 6 atom stereocenters. The molecule has 258 valence electrons. The first-order chi connectivity index (χ1) is 24.5. The second kappa shape index (κ2) is 12.4. The first-order valence-corrected chi connectivity index (χ1v) is 17.6. The lowest BCUT2D eigenvalue weighted by molar-refractivity contribution is -0.138. The molecule has 0 aromatic heterocycles. The minimum absolute atomic E-state index is 0.0707. The van der Waals surface area contributed by atoms with Crippen LogP contribution < -0.4 is 10.3 Å². The van der Waals surface area contributed by atoms with Crippen molar-refractivity contribution in [2.75, 3.05) is 10.3 Å². The number of hydrazine groups is 1. The van der Waals surface area contributed by atoms with Crippen LogP contribution in [0.4, 0.5) is 15.8 Å². The van der Waals surface area contributed by atoms with Gasteiger partial charge < -0.3 is 5.11 Å². The van der Waals surface area contributed by atoms with Crippen LogP contribution in [0.25, 0.3) is 0 Å². The number of phenolic OH excluding ortho intramolecular Hbond substituents is 1. The van der Waals surface area contributed by atoms with Crippen molar-refractivity contribution in [2.45, 2.75) is 37.5 Å². The van der Waals surface area contributed by atoms with Gasteiger partial charge in [0.05, 0.1) is 34.5 Å². The van der Waals surface area contributed by atoms with E-state index in [0.29, 0.717) is 38.1 Å². The molecule has 0 unspecified atom stereocenters. The zero-order valence-corrected chi connectivity index (χ0v) is 28.9. The van der Waals surface area contributed by atoms with E-state index in [1.165, 1.54) is 41.3 Å². The van der Waals surface area contributed by atoms with Gasteiger partial charge in [0.1, 0.15) is 11.6 Å². The Hall–Kier alpha value is -4.99. The normalized spacial score (nSPS) is 26.9. The van der Waals surface area contributed by atoms with E-state index in [9.17, 15) is 23.9 Å². The monoisotopic (exact) mass is 723 g/mol. The number of nitrogens with zero attached hydrogens (tertiary/aromatic N) is 2. The van der Waals surface area contributed by atoms with Crippen LogP contribution in [-0.4, -0.2) is 33.7 Å². The predicted octanol–water partition coefficient (Wildman–Crippen LogP) is 7.59. The zero-order valence-electron chi connectivity index (χ0n) is 27.4. The van der Waals surface area contributed by atoms with Crippen molar-refractivity contribution < 1.29 is 28.7 Å². The summed E-state index contributed by atoms with van der Waals surface area (Å²) in [4.78, 5) is 59.6. The summed E-state index contributed by atoms with van der Waals surface area (Å²) in [5.41, 5.74) is 4.61. The van der Waals surface area contributed by atoms with E-state index in [4.69, 9.17) is 23.2 Å². The number of carbonyl (C=O) groups is 4. The Morgan fingerprint density at radius 2 is 1.53 bits per heavy atom. The molecule has 51 heavy (non-hydrogen) atoms. The molecule has 2 aliphatic carbocycles. The average Bonchev–Trinajstić information content (AvgIpc) is 3.51. The number of imide groups is 2. The van der Waals surface area contributed by atoms with Gasteiger partial charge >= 0.3 is 0 Å². The van der Waals surface area contributed by atoms with Crippen LogP contribution in [0.5, 0.6) is 5.75 Å². The molecule has 0 bridgehead atoms. The quantitative estimate of drug-likeness (QED) is 0.157. The number of aromatic hydroxyl groups is 1. The number of anilines is 2. The number of carbonyl (C=O) groups excluding carboxylic acids is 4. The van der Waals surface area contributed by atoms with Gasteiger partial charge in [0.2, 0.25) is 11.8 Å². The van der Waals surface area contributed by atoms with E-state index < -0.39 is 52.6 Å². The molecule has 1 saturated carbocycles. The number of rotatable bonds is 6. The topological polar surface area (TPSA) is 107 Å². The number of aryl methyl sites for hydroxylation is 1. The molecule has 4 aromatic rings. The SMILES string of the molecule is CCc1ccc(N2C(=O)[C@H]3[C@H](CC=C4[C@H]3C[C@H]3C(=O)N(Nc5ccc(F)cc5)C(=O)[C@@]3(c3ccc(Cl)cc3)[C@H]4c3cc(Cl)ccc3O)C2=O)cc1. The van der Waals surface area contributed by atoms with Crippen molar-refractivity contribution in [1.29, 1.82) is 0 Å². The van der Waals surface area contributed by atoms with Crippen LogP contribution in [0.2, 0.25) is 10.0 Å². The van der Waals surface area contributed by atoms with Gasteiger partial charge in [0.25, 0.3) is 11.8 Å². The molecule has 2 heterocycles. The summed E-state index contributed by atoms with van der Waals surface area (Å²) in [6, 6.07) is 23.9. The summed E-state index contributed by atoms with van der Waals surface area (Å²) in [5, 5.41) is 13.2. The first kappa shape index (κ1) is 33.2. The van der Waals surface area contributed by atoms with E-state index in [1.54, 1.807) is 42.5 Å². The number of hydrogen-bond acceptors (Lipinski definition) is 6. The molecule has 8 nitrogen and oxygen atoms in total. The molecule has 2 N–H and O–H groups in total. The van der Waals surface area contributed by atoms with Gasteiger partial charge in [-0.3, -0.25) is 29.5 Å². The Morgan fingerprint density at radius 3 is 2.22 bits per heavy atom. The number of amides is 4. The van der Waals surface area contributed by atoms with Crippen LogP contribution >= 0.6 is 23.2 Å². The number of benzene rings is 4. The van der Waals surface area contributed by atoms with Gasteiger partial charge in [-0.05, 0) is 103 Å². The molecule has 2 saturated heterocycles. The van der Waals surface area contributed by atoms with E-state index >= 15 is 4.79 Å². The third kappa shape index (κ3) is 5.00. The van der Waals surface area contributed by atoms with Crippen molar-refractivity contribution in [3.8, 4) is 5.75 Å². The molecule has 8 rings (SSSR count). The highest BCUT2D eigenvalue weighted by Gasteiger charge is 2.70. The lowest BCUT2D eigenvalue weighted by atomic mass is 9.49. The van der Waals surface area contributed by atoms with Crippen molar-refractivity contribution in [2.24, 2.45) is 23.7 Å². The first-order valence-electron chi connectivity index (χ1n) is 16.9. The number of halogens is 3. The second-order valence-corrected chi connectivity index (χ2v) is 14.5. The third-order valence-electron chi connectivity index (χ3n) is 11.2. The molecule has 11 heteroatoms. The number of fused-ring (bicyclic) bond motifs is 4. The molecule has 0 radical (unpaired) electrons. The maximum Gasteiger partial charge on any atom is 0.260 e. The maximum absolute atomic E-state index is 15.2. The highest BCUT2D eigenvalue weighted by Crippen LogP contribution is 2.65. The summed E-state index contributed by atoms with van der Waals surface area (Å²) in [5.74, 6) is -6.59. The largest absolute Gasteiger partial charge is 0.508 e. The van der Waals surface area contributed by atoms with Gasteiger partial charge in [0.15, 0.2) is 0 Å². The minimum atomic E-state index is -1.63. The van der Waals surface area contributed by atoms with E-state index in [-0.39, 0.29) is 30.4 Å². The average molecular weight is 725 g/mol. The van der Waals surface area contributed by atoms with Gasteiger partial charge in [0, 0.05) is 21.5 Å². The fourth-order valence-corrected chi connectivity index (χ4v) is 9.20. The molecule has 2 aliphatic heterocycles. The molecular weight excluding hydrogens is 692 g/mol. The zero-order chi connectivity index (χ0) is 35.8. The Morgan fingerprint density at radius 1 is 0.843 bits per heavy atom. The Bertz CT molecular complexity index is 2140. The van der Waals surface area contributed by atoms with E-state index in [0.717, 1.165) is 17.0 Å².